The van der Waals surface area contributed by atoms with Gasteiger partial charge in [0.25, 0.3) is 5.56 Å². The van der Waals surface area contributed by atoms with Crippen LogP contribution in [-0.4, -0.2) is 82.7 Å². The van der Waals surface area contributed by atoms with E-state index in [0.29, 0.717) is 30.2 Å². The van der Waals surface area contributed by atoms with E-state index < -0.39 is 10.0 Å². The quantitative estimate of drug-likeness (QED) is 0.222. The second-order valence-electron chi connectivity index (χ2n) is 12.8. The van der Waals surface area contributed by atoms with Crippen LogP contribution in [0, 0.1) is 6.92 Å². The van der Waals surface area contributed by atoms with Gasteiger partial charge < -0.3 is 15.0 Å². The number of nitrogens with one attached hydrogen (secondary N) is 1. The molecule has 2 aromatic carbocycles. The molecule has 250 valence electrons. The second kappa shape index (κ2) is 13.4. The molecule has 5 aromatic rings. The number of anilines is 2. The Morgan fingerprint density at radius 2 is 1.79 bits per heavy atom. The molecule has 13 heteroatoms. The lowest BCUT2D eigenvalue weighted by Gasteiger charge is -2.30. The van der Waals surface area contributed by atoms with Crippen molar-refractivity contribution >= 4 is 44.0 Å². The molecule has 0 spiro atoms. The van der Waals surface area contributed by atoms with E-state index in [0.717, 1.165) is 70.9 Å². The van der Waals surface area contributed by atoms with Crippen LogP contribution in [-0.2, 0) is 16.6 Å². The number of thiazole rings is 1. The highest BCUT2D eigenvalue weighted by Gasteiger charge is 2.26. The molecule has 2 aliphatic rings. The molecule has 5 heterocycles. The number of aromatic nitrogens is 4. The summed E-state index contributed by atoms with van der Waals surface area (Å²) in [5, 5.41) is 6.73. The summed E-state index contributed by atoms with van der Waals surface area (Å²) in [6, 6.07) is 15.9. The van der Waals surface area contributed by atoms with Crippen molar-refractivity contribution in [3.63, 3.8) is 0 Å². The van der Waals surface area contributed by atoms with E-state index in [1.807, 2.05) is 48.7 Å². The van der Waals surface area contributed by atoms with Crippen LogP contribution in [0.1, 0.15) is 41.3 Å². The molecule has 7 rings (SSSR count). The van der Waals surface area contributed by atoms with Crippen LogP contribution >= 0.6 is 11.3 Å². The fourth-order valence-electron chi connectivity index (χ4n) is 6.72. The predicted molar refractivity (Wildman–Crippen MR) is 190 cm³/mol. The minimum atomic E-state index is -3.18. The molecule has 11 nitrogen and oxygen atoms in total. The van der Waals surface area contributed by atoms with Crippen LogP contribution in [0.25, 0.3) is 22.2 Å². The molecule has 1 unspecified atom stereocenters. The van der Waals surface area contributed by atoms with Crippen molar-refractivity contribution in [3.05, 3.63) is 92.8 Å². The third kappa shape index (κ3) is 7.00. The van der Waals surface area contributed by atoms with Crippen molar-refractivity contribution < 1.29 is 13.2 Å². The summed E-state index contributed by atoms with van der Waals surface area (Å²) in [6.07, 6.45) is 7.51. The van der Waals surface area contributed by atoms with Gasteiger partial charge in [-0.1, -0.05) is 18.2 Å². The van der Waals surface area contributed by atoms with Crippen molar-refractivity contribution in [1.29, 1.82) is 0 Å². The average Bonchev–Trinajstić information content (AvgIpc) is 3.74. The number of sulfonamides is 1. The molecule has 48 heavy (non-hydrogen) atoms. The minimum Gasteiger partial charge on any atom is -0.489 e. The van der Waals surface area contributed by atoms with Crippen LogP contribution in [0.2, 0.25) is 0 Å². The van der Waals surface area contributed by atoms with Crippen LogP contribution in [0.3, 0.4) is 0 Å². The van der Waals surface area contributed by atoms with Gasteiger partial charge in [-0.15, -0.1) is 11.3 Å². The standard InChI is InChI=1S/C35H39N7O4S2/c1-23-18-25(24-10-15-41(16-11-24)48(3,44)45)4-9-30(23)31-19-26-20-37-35(39-33(26)42(34(31)43)22-32-36-13-17-47-32)38-27-5-7-28(8-6-27)46-29-12-14-40(2)21-29/h4-9,13,17-20,24,29H,10-12,14-16,21-22H2,1-3H3,(H,37,38,39). The first-order chi connectivity index (χ1) is 23.1. The molecule has 0 radical (unpaired) electrons. The first-order valence-electron chi connectivity index (χ1n) is 16.2. The Balaban J connectivity index is 1.17. The molecule has 2 saturated heterocycles. The maximum absolute atomic E-state index is 14.2. The number of hydrogen-bond acceptors (Lipinski definition) is 10. The minimum absolute atomic E-state index is 0.154. The Bertz CT molecular complexity index is 2090. The first-order valence-corrected chi connectivity index (χ1v) is 18.9. The lowest BCUT2D eigenvalue weighted by molar-refractivity contribution is 0.208. The van der Waals surface area contributed by atoms with E-state index in [9.17, 15) is 13.2 Å². The Morgan fingerprint density at radius 3 is 2.46 bits per heavy atom. The van der Waals surface area contributed by atoms with Crippen molar-refractivity contribution in [2.24, 2.45) is 0 Å². The molecule has 2 fully saturated rings. The highest BCUT2D eigenvalue weighted by Crippen LogP contribution is 2.33. The normalized spacial score (nSPS) is 18.0. The number of aryl methyl sites for hydroxylation is 1. The monoisotopic (exact) mass is 685 g/mol. The Morgan fingerprint density at radius 1 is 1.00 bits per heavy atom. The topological polar surface area (TPSA) is 123 Å². The maximum atomic E-state index is 14.2. The predicted octanol–water partition coefficient (Wildman–Crippen LogP) is 5.24. The molecule has 3 aromatic heterocycles. The first kappa shape index (κ1) is 32.4. The summed E-state index contributed by atoms with van der Waals surface area (Å²) in [6.45, 7) is 5.31. The summed E-state index contributed by atoms with van der Waals surface area (Å²) in [5.41, 5.74) is 4.75. The van der Waals surface area contributed by atoms with E-state index in [1.54, 1.807) is 21.3 Å². The zero-order valence-corrected chi connectivity index (χ0v) is 28.9. The van der Waals surface area contributed by atoms with E-state index in [-0.39, 0.29) is 24.1 Å². The number of likely N-dealkylation sites (N-methyl/N-ethyl adjacent to an activating group) is 1. The largest absolute Gasteiger partial charge is 0.489 e. The van der Waals surface area contributed by atoms with Gasteiger partial charge in [0.15, 0.2) is 0 Å². The SMILES string of the molecule is Cc1cc(C2CCN(S(C)(=O)=O)CC2)ccc1-c1cc2cnc(Nc3ccc(OC4CCN(C)C4)cc3)nc2n(Cc2nccs2)c1=O. The van der Waals surface area contributed by atoms with Crippen molar-refractivity contribution in [2.75, 3.05) is 44.8 Å². The molecule has 1 N–H and O–H groups in total. The number of benzene rings is 2. The summed E-state index contributed by atoms with van der Waals surface area (Å²) in [4.78, 5) is 30.4. The summed E-state index contributed by atoms with van der Waals surface area (Å²) >= 11 is 1.49. The number of piperidine rings is 1. The van der Waals surface area contributed by atoms with Gasteiger partial charge in [0, 0.05) is 60.6 Å². The van der Waals surface area contributed by atoms with Crippen molar-refractivity contribution in [1.82, 2.24) is 28.7 Å². The van der Waals surface area contributed by atoms with Gasteiger partial charge in [0.05, 0.1) is 12.8 Å². The van der Waals surface area contributed by atoms with Crippen LogP contribution < -0.4 is 15.6 Å². The van der Waals surface area contributed by atoms with E-state index in [1.165, 1.54) is 17.6 Å². The Labute approximate surface area is 284 Å². The van der Waals surface area contributed by atoms with Gasteiger partial charge in [-0.2, -0.15) is 4.98 Å². The third-order valence-electron chi connectivity index (χ3n) is 9.30. The van der Waals surface area contributed by atoms with Crippen LogP contribution in [0.5, 0.6) is 5.75 Å². The van der Waals surface area contributed by atoms with Gasteiger partial charge >= 0.3 is 0 Å². The number of fused-ring (bicyclic) bond motifs is 1. The number of nitrogens with zero attached hydrogens (tertiary/aromatic N) is 6. The summed E-state index contributed by atoms with van der Waals surface area (Å²) < 4.78 is 33.3. The smallest absolute Gasteiger partial charge is 0.260 e. The lowest BCUT2D eigenvalue weighted by Crippen LogP contribution is -2.37. The molecule has 0 bridgehead atoms. The fraction of sp³-hybridized carbons (Fsp3) is 0.371. The van der Waals surface area contributed by atoms with E-state index in [4.69, 9.17) is 9.72 Å². The number of hydrogen-bond donors (Lipinski definition) is 1. The highest BCUT2D eigenvalue weighted by molar-refractivity contribution is 7.88. The Kier molecular flexibility index (Phi) is 9.03. The zero-order chi connectivity index (χ0) is 33.4. The number of likely N-dealkylation sites (tertiary alicyclic amines) is 1. The van der Waals surface area contributed by atoms with Crippen LogP contribution in [0.15, 0.2) is 71.1 Å². The van der Waals surface area contributed by atoms with Gasteiger partial charge in [0.1, 0.15) is 22.5 Å². The fourth-order valence-corrected chi connectivity index (χ4v) is 8.20. The van der Waals surface area contributed by atoms with Crippen molar-refractivity contribution in [3.8, 4) is 16.9 Å². The van der Waals surface area contributed by atoms with Crippen molar-refractivity contribution in [2.45, 2.75) is 44.8 Å². The molecule has 0 amide bonds. The molecule has 1 atom stereocenters. The number of rotatable bonds is 9. The van der Waals surface area contributed by atoms with E-state index in [2.05, 4.69) is 39.4 Å². The average molecular weight is 686 g/mol. The summed E-state index contributed by atoms with van der Waals surface area (Å²) in [5.74, 6) is 1.48. The van der Waals surface area contributed by atoms with Gasteiger partial charge in [-0.05, 0) is 86.2 Å². The zero-order valence-electron chi connectivity index (χ0n) is 27.3. The Hall–Kier alpha value is -4.17. The van der Waals surface area contributed by atoms with E-state index >= 15 is 0 Å². The molecular formula is C35H39N7O4S2. The maximum Gasteiger partial charge on any atom is 0.260 e. The number of pyridine rings is 1. The van der Waals surface area contributed by atoms with Crippen LogP contribution in [0.4, 0.5) is 11.6 Å². The molecule has 0 saturated carbocycles. The molecular weight excluding hydrogens is 647 g/mol. The highest BCUT2D eigenvalue weighted by atomic mass is 32.2. The van der Waals surface area contributed by atoms with Gasteiger partial charge in [0.2, 0.25) is 16.0 Å². The van der Waals surface area contributed by atoms with Gasteiger partial charge in [-0.3, -0.25) is 9.36 Å². The summed E-state index contributed by atoms with van der Waals surface area (Å²) in [7, 11) is -1.08. The second-order valence-corrected chi connectivity index (χ2v) is 15.8. The van der Waals surface area contributed by atoms with Gasteiger partial charge in [-0.25, -0.2) is 22.7 Å². The number of ether oxygens (including phenoxy) is 1. The molecule has 0 aliphatic carbocycles. The third-order valence-corrected chi connectivity index (χ3v) is 11.4. The molecule has 2 aliphatic heterocycles. The lowest BCUT2D eigenvalue weighted by atomic mass is 9.87.